The van der Waals surface area contributed by atoms with Crippen molar-refractivity contribution in [3.8, 4) is 0 Å². The van der Waals surface area contributed by atoms with Crippen LogP contribution in [-0.4, -0.2) is 26.1 Å². The smallest absolute Gasteiger partial charge is 0.168 e. The molecule has 0 amide bonds. The fourth-order valence-electron chi connectivity index (χ4n) is 4.68. The van der Waals surface area contributed by atoms with Gasteiger partial charge in [0.2, 0.25) is 0 Å². The Labute approximate surface area is 292 Å². The Morgan fingerprint density at radius 1 is 0.896 bits per heavy atom. The number of methoxy groups -OCH3 is 1. The van der Waals surface area contributed by atoms with E-state index < -0.39 is 11.6 Å². The molecule has 0 bridgehead atoms. The molecule has 0 saturated carbocycles. The molecule has 2 aromatic carbocycles. The number of aliphatic imine (C=N–C) groups is 2. The summed E-state index contributed by atoms with van der Waals surface area (Å²) in [7, 11) is 3.33. The summed E-state index contributed by atoms with van der Waals surface area (Å²) in [6, 6.07) is 12.2. The summed E-state index contributed by atoms with van der Waals surface area (Å²) >= 11 is 0. The van der Waals surface area contributed by atoms with E-state index in [9.17, 15) is 8.78 Å². The third-order valence-corrected chi connectivity index (χ3v) is 7.77. The monoisotopic (exact) mass is 662 g/mol. The van der Waals surface area contributed by atoms with Gasteiger partial charge in [-0.2, -0.15) is 0 Å². The van der Waals surface area contributed by atoms with E-state index >= 15 is 0 Å². The van der Waals surface area contributed by atoms with Crippen LogP contribution in [0.4, 0.5) is 8.78 Å². The number of hydrogen-bond acceptors (Lipinski definition) is 3. The molecule has 48 heavy (non-hydrogen) atoms. The topological polar surface area (TPSA) is 34.0 Å². The second kappa shape index (κ2) is 27.4. The molecule has 266 valence electrons. The lowest BCUT2D eigenvalue weighted by Crippen LogP contribution is -2.04. The molecule has 0 radical (unpaired) electrons. The van der Waals surface area contributed by atoms with Crippen LogP contribution in [0.1, 0.15) is 129 Å². The summed E-state index contributed by atoms with van der Waals surface area (Å²) in [4.78, 5) is 8.48. The molecule has 2 aromatic rings. The van der Waals surface area contributed by atoms with Gasteiger partial charge >= 0.3 is 0 Å². The number of nitrogens with zero attached hydrogens (tertiary/aromatic N) is 2. The van der Waals surface area contributed by atoms with Gasteiger partial charge in [-0.05, 0) is 67.5 Å². The van der Waals surface area contributed by atoms with E-state index in [0.717, 1.165) is 47.8 Å². The molecule has 1 unspecified atom stereocenters. The van der Waals surface area contributed by atoms with Crippen LogP contribution in [0, 0.1) is 24.5 Å². The highest BCUT2D eigenvalue weighted by molar-refractivity contribution is 6.38. The molecule has 0 aliphatic carbocycles. The van der Waals surface area contributed by atoms with Crippen molar-refractivity contribution in [2.45, 2.75) is 119 Å². The standard InChI is InChI=1S/C31H36F2N2O.C7H16.C5H12/c1-21-14-16-26(17-15-21)24(4)19-27(36-7)18-22(2)10-8-11-23(3)30(20-34-6)35-25(5)28-12-9-13-29(32)31(28)33;1-3-5-7-6-4-2;1-3-5-4-2/h9,11-17,19-20,22H,4-5,8,10,18H2,1-3,6-7H3;3-7H2,1-2H3;3-5H2,1-2H3/b23-11-,27-19-,34-20?,35-30?;;. The van der Waals surface area contributed by atoms with E-state index in [-0.39, 0.29) is 11.3 Å². The predicted molar refractivity (Wildman–Crippen MR) is 209 cm³/mol. The second-order valence-electron chi connectivity index (χ2n) is 12.3. The minimum Gasteiger partial charge on any atom is -0.501 e. The predicted octanol–water partition coefficient (Wildman–Crippen LogP) is 13.6. The molecule has 0 N–H and O–H groups in total. The Hall–Kier alpha value is -3.60. The van der Waals surface area contributed by atoms with Gasteiger partial charge in [-0.3, -0.25) is 4.99 Å². The molecule has 2 rings (SSSR count). The maximum atomic E-state index is 14.1. The van der Waals surface area contributed by atoms with E-state index in [1.807, 2.05) is 13.0 Å². The molecule has 0 aliphatic heterocycles. The van der Waals surface area contributed by atoms with E-state index in [0.29, 0.717) is 11.6 Å². The highest BCUT2D eigenvalue weighted by Gasteiger charge is 2.12. The number of benzene rings is 2. The van der Waals surface area contributed by atoms with Gasteiger partial charge in [-0.15, -0.1) is 0 Å². The van der Waals surface area contributed by atoms with Gasteiger partial charge in [0.1, 0.15) is 0 Å². The van der Waals surface area contributed by atoms with Gasteiger partial charge in [0.25, 0.3) is 0 Å². The first-order chi connectivity index (χ1) is 23.0. The number of allylic oxidation sites excluding steroid dienone is 5. The molecule has 1 atom stereocenters. The summed E-state index contributed by atoms with van der Waals surface area (Å²) < 4.78 is 33.3. The van der Waals surface area contributed by atoms with Crippen LogP contribution >= 0.6 is 0 Å². The number of ether oxygens (including phenoxy) is 1. The molecule has 0 heterocycles. The lowest BCUT2D eigenvalue weighted by molar-refractivity contribution is 0.260. The van der Waals surface area contributed by atoms with Crippen LogP contribution in [0.25, 0.3) is 11.3 Å². The maximum Gasteiger partial charge on any atom is 0.168 e. The maximum absolute atomic E-state index is 14.1. The number of rotatable bonds is 18. The molecule has 0 fully saturated rings. The Morgan fingerprint density at radius 3 is 2.02 bits per heavy atom. The van der Waals surface area contributed by atoms with Gasteiger partial charge in [0.05, 0.1) is 24.3 Å². The zero-order valence-electron chi connectivity index (χ0n) is 31.6. The summed E-state index contributed by atoms with van der Waals surface area (Å²) in [6.07, 6.45) is 19.3. The van der Waals surface area contributed by atoms with E-state index in [1.54, 1.807) is 20.4 Å². The van der Waals surface area contributed by atoms with E-state index in [1.165, 1.54) is 69.1 Å². The molecule has 5 heteroatoms. The van der Waals surface area contributed by atoms with Gasteiger partial charge in [-0.25, -0.2) is 13.8 Å². The van der Waals surface area contributed by atoms with Crippen molar-refractivity contribution in [2.75, 3.05) is 14.2 Å². The van der Waals surface area contributed by atoms with Gasteiger partial charge in [0.15, 0.2) is 11.6 Å². The first kappa shape index (κ1) is 44.4. The zero-order valence-corrected chi connectivity index (χ0v) is 31.6. The van der Waals surface area contributed by atoms with Crippen molar-refractivity contribution in [3.63, 3.8) is 0 Å². The van der Waals surface area contributed by atoms with Crippen molar-refractivity contribution in [3.05, 3.63) is 107 Å². The van der Waals surface area contributed by atoms with Crippen molar-refractivity contribution >= 4 is 23.2 Å². The zero-order chi connectivity index (χ0) is 36.3. The molecular weight excluding hydrogens is 598 g/mol. The lowest BCUT2D eigenvalue weighted by atomic mass is 9.97. The molecule has 0 spiro atoms. The highest BCUT2D eigenvalue weighted by atomic mass is 19.2. The second-order valence-corrected chi connectivity index (χ2v) is 12.3. The van der Waals surface area contributed by atoms with Crippen molar-refractivity contribution in [1.29, 1.82) is 0 Å². The largest absolute Gasteiger partial charge is 0.501 e. The molecule has 0 saturated heterocycles. The number of hydrogen-bond donors (Lipinski definition) is 0. The molecule has 0 aliphatic rings. The SMILES string of the molecule is C=C(/C=C(/CC(C)CC/C=C(/C)C(C=NC)=NC(=C)c1cccc(F)c1F)OC)c1ccc(C)cc1.CCCCC.CCCCCCC. The average molecular weight is 663 g/mol. The highest BCUT2D eigenvalue weighted by Crippen LogP contribution is 2.24. The molecule has 0 aromatic heterocycles. The van der Waals surface area contributed by atoms with Crippen LogP contribution in [0.5, 0.6) is 0 Å². The molecular formula is C43H64F2N2O. The van der Waals surface area contributed by atoms with Gasteiger partial charge in [-0.1, -0.05) is 141 Å². The van der Waals surface area contributed by atoms with E-state index in [4.69, 9.17) is 4.74 Å². The average Bonchev–Trinajstić information content (AvgIpc) is 3.06. The Bertz CT molecular complexity index is 1310. The van der Waals surface area contributed by atoms with Crippen LogP contribution in [0.2, 0.25) is 0 Å². The Morgan fingerprint density at radius 2 is 1.50 bits per heavy atom. The first-order valence-corrected chi connectivity index (χ1v) is 17.8. The van der Waals surface area contributed by atoms with Crippen LogP contribution in [0.15, 0.2) is 89.1 Å². The third-order valence-electron chi connectivity index (χ3n) is 7.77. The van der Waals surface area contributed by atoms with Crippen LogP contribution < -0.4 is 0 Å². The van der Waals surface area contributed by atoms with Gasteiger partial charge in [0, 0.05) is 25.2 Å². The summed E-state index contributed by atoms with van der Waals surface area (Å²) in [5.74, 6) is -0.616. The number of aryl methyl sites for hydroxylation is 1. The van der Waals surface area contributed by atoms with Crippen LogP contribution in [-0.2, 0) is 4.74 Å². The Balaban J connectivity index is 0.00000156. The Kier molecular flexibility index (Phi) is 25.3. The van der Waals surface area contributed by atoms with Crippen molar-refractivity contribution in [1.82, 2.24) is 0 Å². The lowest BCUT2D eigenvalue weighted by Gasteiger charge is -2.14. The van der Waals surface area contributed by atoms with Crippen molar-refractivity contribution < 1.29 is 13.5 Å². The fraction of sp³-hybridized carbons (Fsp3) is 0.488. The first-order valence-electron chi connectivity index (χ1n) is 17.8. The normalized spacial score (nSPS) is 12.5. The quantitative estimate of drug-likeness (QED) is 0.0677. The molecule has 3 nitrogen and oxygen atoms in total. The van der Waals surface area contributed by atoms with Crippen molar-refractivity contribution in [2.24, 2.45) is 15.9 Å². The number of unbranched alkanes of at least 4 members (excludes halogenated alkanes) is 6. The fourth-order valence-corrected chi connectivity index (χ4v) is 4.68. The van der Waals surface area contributed by atoms with Gasteiger partial charge < -0.3 is 4.74 Å². The summed E-state index contributed by atoms with van der Waals surface area (Å²) in [5, 5.41) is 0. The number of halogens is 2. The minimum atomic E-state index is -0.957. The van der Waals surface area contributed by atoms with E-state index in [2.05, 4.69) is 95.0 Å². The summed E-state index contributed by atoms with van der Waals surface area (Å²) in [6.45, 7) is 23.1. The summed E-state index contributed by atoms with van der Waals surface area (Å²) in [5.41, 5.74) is 4.83. The van der Waals surface area contributed by atoms with Crippen LogP contribution in [0.3, 0.4) is 0 Å². The third kappa shape index (κ3) is 19.3. The minimum absolute atomic E-state index is 0.0320.